The summed E-state index contributed by atoms with van der Waals surface area (Å²) in [5, 5.41) is 13.2. The summed E-state index contributed by atoms with van der Waals surface area (Å²) in [6.07, 6.45) is 0.147. The van der Waals surface area contributed by atoms with Crippen molar-refractivity contribution < 1.29 is 23.2 Å². The first-order chi connectivity index (χ1) is 18.6. The quantitative estimate of drug-likeness (QED) is 0.226. The monoisotopic (exact) mass is 588 g/mol. The number of carbonyl (C=O) groups excluding carboxylic acids is 1. The van der Waals surface area contributed by atoms with Crippen molar-refractivity contribution >= 4 is 39.1 Å². The molecule has 1 aromatic heterocycles. The zero-order valence-corrected chi connectivity index (χ0v) is 22.7. The van der Waals surface area contributed by atoms with Gasteiger partial charge in [-0.1, -0.05) is 35.3 Å². The van der Waals surface area contributed by atoms with Crippen LogP contribution in [0.1, 0.15) is 22.9 Å². The number of hydroxylamine groups is 1. The van der Waals surface area contributed by atoms with E-state index in [0.29, 0.717) is 32.9 Å². The molecule has 13 heteroatoms. The van der Waals surface area contributed by atoms with Gasteiger partial charge in [-0.15, -0.1) is 0 Å². The number of amides is 1. The van der Waals surface area contributed by atoms with E-state index in [4.69, 9.17) is 27.9 Å². The number of benzene rings is 3. The number of nitrogens with one attached hydrogen (secondary N) is 2. The fraction of sp³-hybridized carbons (Fsp3) is 0.154. The largest absolute Gasteiger partial charge is 0.457 e. The predicted octanol–water partition coefficient (Wildman–Crippen LogP) is 4.37. The zero-order chi connectivity index (χ0) is 27.9. The molecule has 202 valence electrons. The summed E-state index contributed by atoms with van der Waals surface area (Å²) < 4.78 is 35.3. The molecule has 1 aliphatic heterocycles. The third-order valence-electron chi connectivity index (χ3n) is 6.27. The highest BCUT2D eigenvalue weighted by Crippen LogP contribution is 2.34. The summed E-state index contributed by atoms with van der Waals surface area (Å²) in [6, 6.07) is 15.7. The third-order valence-corrected chi connectivity index (χ3v) is 8.58. The van der Waals surface area contributed by atoms with E-state index in [9.17, 15) is 23.2 Å². The number of halogens is 2. The Morgan fingerprint density at radius 3 is 2.38 bits per heavy atom. The van der Waals surface area contributed by atoms with E-state index in [1.54, 1.807) is 36.4 Å². The van der Waals surface area contributed by atoms with E-state index >= 15 is 0 Å². The summed E-state index contributed by atoms with van der Waals surface area (Å²) in [5.41, 5.74) is 2.71. The van der Waals surface area contributed by atoms with Crippen LogP contribution in [-0.2, 0) is 21.2 Å². The molecule has 0 spiro atoms. The molecule has 0 aliphatic carbocycles. The Balaban J connectivity index is 1.49. The Hall–Kier alpha value is -3.61. The van der Waals surface area contributed by atoms with Gasteiger partial charge in [-0.2, -0.15) is 4.31 Å². The number of sulfonamides is 1. The highest BCUT2D eigenvalue weighted by Gasteiger charge is 2.43. The molecule has 0 saturated heterocycles. The molecule has 0 bridgehead atoms. The minimum Gasteiger partial charge on any atom is -0.457 e. The molecule has 1 aliphatic rings. The van der Waals surface area contributed by atoms with Crippen molar-refractivity contribution in [3.8, 4) is 17.2 Å². The van der Waals surface area contributed by atoms with Gasteiger partial charge in [0.15, 0.2) is 0 Å². The van der Waals surface area contributed by atoms with Crippen LogP contribution in [0.2, 0.25) is 10.0 Å². The molecule has 4 aromatic rings. The first-order valence-corrected chi connectivity index (χ1v) is 13.9. The zero-order valence-electron chi connectivity index (χ0n) is 20.4. The van der Waals surface area contributed by atoms with E-state index < -0.39 is 27.5 Å². The first kappa shape index (κ1) is 27.0. The van der Waals surface area contributed by atoms with Gasteiger partial charge < -0.3 is 4.74 Å². The molecule has 5 rings (SSSR count). The lowest BCUT2D eigenvalue weighted by Crippen LogP contribution is -2.48. The Labute approximate surface area is 233 Å². The molecule has 2 heterocycles. The smallest absolute Gasteiger partial charge is 0.276 e. The summed E-state index contributed by atoms with van der Waals surface area (Å²) in [6.45, 7) is 1.76. The fourth-order valence-electron chi connectivity index (χ4n) is 4.53. The lowest BCUT2D eigenvalue weighted by molar-refractivity contribution is -0.133. The lowest BCUT2D eigenvalue weighted by Gasteiger charge is -2.32. The minimum absolute atomic E-state index is 0.0596. The second kappa shape index (κ2) is 10.5. The van der Waals surface area contributed by atoms with E-state index in [-0.39, 0.29) is 23.4 Å². The number of aryl methyl sites for hydroxylation is 1. The van der Waals surface area contributed by atoms with E-state index in [2.05, 4.69) is 5.10 Å². The van der Waals surface area contributed by atoms with E-state index in [0.717, 1.165) is 9.87 Å². The van der Waals surface area contributed by atoms with Gasteiger partial charge in [0, 0.05) is 28.7 Å². The highest BCUT2D eigenvalue weighted by atomic mass is 35.5. The third kappa shape index (κ3) is 5.19. The molecular formula is C26H22Cl2N4O6S. The van der Waals surface area contributed by atoms with Gasteiger partial charge in [-0.05, 0) is 67.1 Å². The number of aromatic nitrogens is 2. The molecular weight excluding hydrogens is 567 g/mol. The van der Waals surface area contributed by atoms with E-state index in [1.807, 2.05) is 13.0 Å². The fourth-order valence-corrected chi connectivity index (χ4v) is 6.60. The molecule has 3 aromatic carbocycles. The van der Waals surface area contributed by atoms with Crippen molar-refractivity contribution in [2.45, 2.75) is 24.3 Å². The maximum atomic E-state index is 13.7. The molecule has 1 amide bonds. The topological polar surface area (TPSA) is 134 Å². The minimum atomic E-state index is -4.29. The predicted molar refractivity (Wildman–Crippen MR) is 144 cm³/mol. The Morgan fingerprint density at radius 2 is 1.74 bits per heavy atom. The Morgan fingerprint density at radius 1 is 1.05 bits per heavy atom. The van der Waals surface area contributed by atoms with Crippen molar-refractivity contribution in [2.75, 3.05) is 6.54 Å². The number of hydrogen-bond donors (Lipinski definition) is 3. The molecule has 3 N–H and O–H groups in total. The van der Waals surface area contributed by atoms with Crippen LogP contribution >= 0.6 is 23.2 Å². The maximum absolute atomic E-state index is 13.7. The van der Waals surface area contributed by atoms with Gasteiger partial charge in [0.05, 0.1) is 16.1 Å². The molecule has 1 unspecified atom stereocenters. The average Bonchev–Trinajstić information content (AvgIpc) is 3.24. The molecule has 1 atom stereocenters. The van der Waals surface area contributed by atoms with Gasteiger partial charge in [-0.3, -0.25) is 19.9 Å². The van der Waals surface area contributed by atoms with Gasteiger partial charge in [0.2, 0.25) is 10.0 Å². The van der Waals surface area contributed by atoms with Crippen LogP contribution in [0.4, 0.5) is 0 Å². The summed E-state index contributed by atoms with van der Waals surface area (Å²) in [5.74, 6) is -0.363. The van der Waals surface area contributed by atoms with Crippen LogP contribution in [0.25, 0.3) is 5.69 Å². The van der Waals surface area contributed by atoms with Crippen molar-refractivity contribution in [3.63, 3.8) is 0 Å². The molecule has 0 saturated carbocycles. The normalized spacial score (nSPS) is 15.5. The number of rotatable bonds is 6. The highest BCUT2D eigenvalue weighted by molar-refractivity contribution is 7.89. The summed E-state index contributed by atoms with van der Waals surface area (Å²) in [7, 11) is -4.29. The molecule has 39 heavy (non-hydrogen) atoms. The van der Waals surface area contributed by atoms with Crippen LogP contribution in [0.3, 0.4) is 0 Å². The van der Waals surface area contributed by atoms with Crippen LogP contribution < -0.4 is 15.8 Å². The number of carbonyl (C=O) groups is 1. The van der Waals surface area contributed by atoms with Crippen molar-refractivity contribution in [1.82, 2.24) is 19.6 Å². The lowest BCUT2D eigenvalue weighted by atomic mass is 10.0. The van der Waals surface area contributed by atoms with E-state index in [1.165, 1.54) is 34.4 Å². The second-order valence-electron chi connectivity index (χ2n) is 8.91. The number of ether oxygens (including phenoxy) is 1. The average molecular weight is 589 g/mol. The van der Waals surface area contributed by atoms with Crippen LogP contribution in [0.15, 0.2) is 76.4 Å². The Kier molecular flexibility index (Phi) is 7.27. The number of nitrogens with zero attached hydrogens (tertiary/aromatic N) is 2. The van der Waals surface area contributed by atoms with Gasteiger partial charge in [0.25, 0.3) is 11.5 Å². The van der Waals surface area contributed by atoms with Crippen LogP contribution in [0.5, 0.6) is 11.5 Å². The number of fused-ring (bicyclic) bond motifs is 1. The van der Waals surface area contributed by atoms with Gasteiger partial charge in [-0.25, -0.2) is 18.6 Å². The SMILES string of the molecule is Cc1cccc(-n2[nH]c3c(c2=O)C(C(=O)NO)N(S(=O)(=O)c2ccc(Oc4cc(Cl)cc(Cl)c4)cc2)CC3)c1. The number of hydrogen-bond acceptors (Lipinski definition) is 6. The van der Waals surface area contributed by atoms with Crippen molar-refractivity contribution in [2.24, 2.45) is 0 Å². The van der Waals surface area contributed by atoms with Crippen LogP contribution in [-0.4, -0.2) is 40.2 Å². The van der Waals surface area contributed by atoms with Gasteiger partial charge in [0.1, 0.15) is 17.5 Å². The number of aromatic amines is 1. The molecule has 0 fully saturated rings. The summed E-state index contributed by atoms with van der Waals surface area (Å²) >= 11 is 12.0. The standard InChI is InChI=1S/C26H22Cl2N4O6S/c1-15-3-2-4-18(11-15)32-26(34)23-22(29-32)9-10-31(24(23)25(33)30-35)39(36,37)21-7-5-19(6-8-21)38-20-13-16(27)12-17(28)14-20/h2-8,11-14,24,29,35H,9-10H2,1H3,(H,30,33). The first-order valence-electron chi connectivity index (χ1n) is 11.7. The molecule has 10 nitrogen and oxygen atoms in total. The van der Waals surface area contributed by atoms with Crippen molar-refractivity contribution in [1.29, 1.82) is 0 Å². The summed E-state index contributed by atoms with van der Waals surface area (Å²) in [4.78, 5) is 26.1. The van der Waals surface area contributed by atoms with Crippen molar-refractivity contribution in [3.05, 3.63) is 104 Å². The van der Waals surface area contributed by atoms with Crippen LogP contribution in [0, 0.1) is 6.92 Å². The Bertz CT molecular complexity index is 1710. The molecule has 0 radical (unpaired) electrons. The maximum Gasteiger partial charge on any atom is 0.276 e. The second-order valence-corrected chi connectivity index (χ2v) is 11.7. The number of H-pyrrole nitrogens is 1. The van der Waals surface area contributed by atoms with Gasteiger partial charge >= 0.3 is 0 Å².